The molecule has 0 amide bonds. The molecule has 0 bridgehead atoms. The van der Waals surface area contributed by atoms with Crippen molar-refractivity contribution in [1.29, 1.82) is 0 Å². The molecule has 1 aliphatic carbocycles. The summed E-state index contributed by atoms with van der Waals surface area (Å²) in [5, 5.41) is 9.76. The van der Waals surface area contributed by atoms with Gasteiger partial charge in [-0.25, -0.2) is 4.79 Å². The van der Waals surface area contributed by atoms with E-state index in [4.69, 9.17) is 0 Å². The van der Waals surface area contributed by atoms with Crippen LogP contribution in [0.1, 0.15) is 92.5 Å². The topological polar surface area (TPSA) is 50.2 Å². The first-order valence-electron chi connectivity index (χ1n) is 10.5. The maximum atomic E-state index is 11.9. The maximum Gasteiger partial charge on any atom is 0.337 e. The zero-order chi connectivity index (χ0) is 18.9. The zero-order valence-electron chi connectivity index (χ0n) is 16.2. The lowest BCUT2D eigenvalue weighted by molar-refractivity contribution is 0.0697. The Kier molecular flexibility index (Phi) is 7.44. The van der Waals surface area contributed by atoms with E-state index in [0.29, 0.717) is 11.5 Å². The molecule has 2 aromatic rings. The van der Waals surface area contributed by atoms with Crippen molar-refractivity contribution in [2.75, 3.05) is 0 Å². The van der Waals surface area contributed by atoms with Gasteiger partial charge in [-0.05, 0) is 29.9 Å². The van der Waals surface area contributed by atoms with E-state index in [1.54, 1.807) is 0 Å². The van der Waals surface area contributed by atoms with Crippen LogP contribution in [0.2, 0.25) is 0 Å². The van der Waals surface area contributed by atoms with E-state index >= 15 is 0 Å². The van der Waals surface area contributed by atoms with Gasteiger partial charge in [-0.1, -0.05) is 88.1 Å². The number of benzene rings is 1. The normalized spacial score (nSPS) is 17.6. The number of rotatable bonds is 3. The van der Waals surface area contributed by atoms with E-state index in [1.807, 2.05) is 36.5 Å². The van der Waals surface area contributed by atoms with Crippen LogP contribution in [0.3, 0.4) is 0 Å². The van der Waals surface area contributed by atoms with Crippen molar-refractivity contribution in [3.8, 4) is 11.1 Å². The molecule has 1 aliphatic rings. The molecule has 0 spiro atoms. The Balaban J connectivity index is 1.94. The largest absolute Gasteiger partial charge is 0.478 e. The van der Waals surface area contributed by atoms with Crippen LogP contribution in [0.5, 0.6) is 0 Å². The number of aromatic nitrogens is 1. The summed E-state index contributed by atoms with van der Waals surface area (Å²) in [4.78, 5) is 16.2. The second-order valence-electron chi connectivity index (χ2n) is 7.78. The summed E-state index contributed by atoms with van der Waals surface area (Å²) in [6.07, 6.45) is 17.4. The molecule has 1 heterocycles. The minimum atomic E-state index is -0.892. The molecule has 3 heteroatoms. The van der Waals surface area contributed by atoms with Gasteiger partial charge in [0.05, 0.1) is 5.56 Å². The maximum absolute atomic E-state index is 11.9. The molecule has 1 aromatic carbocycles. The lowest BCUT2D eigenvalue weighted by atomic mass is 9.83. The molecule has 0 radical (unpaired) electrons. The van der Waals surface area contributed by atoms with Gasteiger partial charge in [-0.15, -0.1) is 0 Å². The van der Waals surface area contributed by atoms with Gasteiger partial charge < -0.3 is 5.11 Å². The highest BCUT2D eigenvalue weighted by atomic mass is 16.4. The highest BCUT2D eigenvalue weighted by molar-refractivity contribution is 5.96. The van der Waals surface area contributed by atoms with Crippen LogP contribution in [0, 0.1) is 0 Å². The molecule has 1 saturated carbocycles. The number of pyridine rings is 1. The van der Waals surface area contributed by atoms with Crippen molar-refractivity contribution in [3.05, 3.63) is 53.9 Å². The lowest BCUT2D eigenvalue weighted by Crippen LogP contribution is -2.09. The van der Waals surface area contributed by atoms with Crippen molar-refractivity contribution in [3.63, 3.8) is 0 Å². The Bertz CT molecular complexity index is 714. The fourth-order valence-corrected chi connectivity index (χ4v) is 4.35. The van der Waals surface area contributed by atoms with Gasteiger partial charge in [-0.2, -0.15) is 0 Å². The van der Waals surface area contributed by atoms with Crippen LogP contribution in [0.15, 0.2) is 42.7 Å². The van der Waals surface area contributed by atoms with Crippen molar-refractivity contribution in [2.24, 2.45) is 0 Å². The number of hydrogen-bond acceptors (Lipinski definition) is 2. The van der Waals surface area contributed by atoms with Crippen LogP contribution < -0.4 is 0 Å². The Labute approximate surface area is 162 Å². The second kappa shape index (κ2) is 10.2. The van der Waals surface area contributed by atoms with Crippen molar-refractivity contribution in [1.82, 2.24) is 4.98 Å². The molecule has 0 atom stereocenters. The van der Waals surface area contributed by atoms with E-state index in [9.17, 15) is 9.90 Å². The zero-order valence-corrected chi connectivity index (χ0v) is 16.2. The van der Waals surface area contributed by atoms with E-state index < -0.39 is 5.97 Å². The van der Waals surface area contributed by atoms with Crippen LogP contribution in [0.25, 0.3) is 11.1 Å². The molecule has 1 aromatic heterocycles. The van der Waals surface area contributed by atoms with Crippen molar-refractivity contribution >= 4 is 5.97 Å². The summed E-state index contributed by atoms with van der Waals surface area (Å²) in [5.41, 5.74) is 3.30. The Morgan fingerprint density at radius 2 is 1.37 bits per heavy atom. The van der Waals surface area contributed by atoms with E-state index in [1.165, 1.54) is 64.0 Å². The molecule has 3 rings (SSSR count). The summed E-state index contributed by atoms with van der Waals surface area (Å²) in [5.74, 6) is -0.497. The van der Waals surface area contributed by atoms with Crippen LogP contribution >= 0.6 is 0 Å². The molecule has 0 unspecified atom stereocenters. The Hall–Kier alpha value is -2.16. The second-order valence-corrected chi connectivity index (χ2v) is 7.78. The fraction of sp³-hybridized carbons (Fsp3) is 0.500. The minimum absolute atomic E-state index is 0.324. The highest BCUT2D eigenvalue weighted by Gasteiger charge is 2.22. The van der Waals surface area contributed by atoms with Crippen LogP contribution in [-0.2, 0) is 0 Å². The molecule has 0 saturated heterocycles. The predicted octanol–water partition coefficient (Wildman–Crippen LogP) is 6.84. The number of aromatic carboxylic acids is 1. The van der Waals surface area contributed by atoms with Gasteiger partial charge in [0.1, 0.15) is 0 Å². The summed E-state index contributed by atoms with van der Waals surface area (Å²) in [6, 6.07) is 9.96. The molecular weight excluding hydrogens is 334 g/mol. The van der Waals surface area contributed by atoms with Gasteiger partial charge in [-0.3, -0.25) is 4.98 Å². The summed E-state index contributed by atoms with van der Waals surface area (Å²) < 4.78 is 0. The third-order valence-electron chi connectivity index (χ3n) is 5.81. The minimum Gasteiger partial charge on any atom is -0.478 e. The van der Waals surface area contributed by atoms with E-state index in [2.05, 4.69) is 4.98 Å². The number of carboxylic acids is 1. The van der Waals surface area contributed by atoms with E-state index in [0.717, 1.165) is 29.5 Å². The number of carbonyl (C=O) groups is 1. The average Bonchev–Trinajstić information content (AvgIpc) is 2.68. The first-order valence-corrected chi connectivity index (χ1v) is 10.5. The predicted molar refractivity (Wildman–Crippen MR) is 110 cm³/mol. The van der Waals surface area contributed by atoms with Gasteiger partial charge >= 0.3 is 5.97 Å². The van der Waals surface area contributed by atoms with Crippen LogP contribution in [0.4, 0.5) is 0 Å². The van der Waals surface area contributed by atoms with Gasteiger partial charge in [0.2, 0.25) is 0 Å². The third-order valence-corrected chi connectivity index (χ3v) is 5.81. The SMILES string of the molecule is O=C(O)c1cncc(C2CCCCCCCCCCC2)c1-c1ccccc1. The van der Waals surface area contributed by atoms with Gasteiger partial charge in [0.15, 0.2) is 0 Å². The molecule has 3 nitrogen and oxygen atoms in total. The summed E-state index contributed by atoms with van der Waals surface area (Å²) in [7, 11) is 0. The van der Waals surface area contributed by atoms with Crippen molar-refractivity contribution < 1.29 is 9.90 Å². The van der Waals surface area contributed by atoms with Gasteiger partial charge in [0, 0.05) is 18.0 Å². The molecule has 27 heavy (non-hydrogen) atoms. The summed E-state index contributed by atoms with van der Waals surface area (Å²) >= 11 is 0. The first-order chi connectivity index (χ1) is 13.3. The molecular formula is C24H31NO2. The average molecular weight is 366 g/mol. The highest BCUT2D eigenvalue weighted by Crippen LogP contribution is 2.37. The van der Waals surface area contributed by atoms with Gasteiger partial charge in [0.25, 0.3) is 0 Å². The third kappa shape index (κ3) is 5.41. The van der Waals surface area contributed by atoms with Crippen molar-refractivity contribution in [2.45, 2.75) is 76.5 Å². The molecule has 144 valence electrons. The number of hydrogen-bond donors (Lipinski definition) is 1. The standard InChI is InChI=1S/C24H31NO2/c26-24(27)22-18-25-17-21(23(22)20-15-11-8-12-16-20)19-13-9-6-4-2-1-3-5-7-10-14-19/h8,11-12,15-19H,1-7,9-10,13-14H2,(H,26,27). The molecule has 1 N–H and O–H groups in total. The summed E-state index contributed by atoms with van der Waals surface area (Å²) in [6.45, 7) is 0. The first kappa shape index (κ1) is 19.6. The van der Waals surface area contributed by atoms with E-state index in [-0.39, 0.29) is 0 Å². The van der Waals surface area contributed by atoms with Crippen LogP contribution in [-0.4, -0.2) is 16.1 Å². The smallest absolute Gasteiger partial charge is 0.337 e. The number of nitrogens with zero attached hydrogens (tertiary/aromatic N) is 1. The fourth-order valence-electron chi connectivity index (χ4n) is 4.35. The lowest BCUT2D eigenvalue weighted by Gasteiger charge is -2.22. The number of carboxylic acid groups (broad SMARTS) is 1. The monoisotopic (exact) mass is 365 g/mol. The Morgan fingerprint density at radius 3 is 1.93 bits per heavy atom. The quantitative estimate of drug-likeness (QED) is 0.648. The molecule has 0 aliphatic heterocycles. The Morgan fingerprint density at radius 1 is 0.815 bits per heavy atom. The molecule has 1 fully saturated rings.